The van der Waals surface area contributed by atoms with Crippen molar-refractivity contribution in [2.75, 3.05) is 13.7 Å². The molecule has 0 aliphatic rings. The van der Waals surface area contributed by atoms with Gasteiger partial charge in [0.25, 0.3) is 0 Å². The summed E-state index contributed by atoms with van der Waals surface area (Å²) >= 11 is 1.39. The van der Waals surface area contributed by atoms with E-state index in [-0.39, 0.29) is 6.54 Å². The maximum absolute atomic E-state index is 12.9. The highest BCUT2D eigenvalue weighted by atomic mass is 32.1. The second-order valence-corrected chi connectivity index (χ2v) is 3.25. The van der Waals surface area contributed by atoms with E-state index in [4.69, 9.17) is 10.5 Å². The first-order valence-corrected chi connectivity index (χ1v) is 4.43. The summed E-state index contributed by atoms with van der Waals surface area (Å²) in [7, 11) is 1.58. The van der Waals surface area contributed by atoms with Crippen LogP contribution >= 0.6 is 11.3 Å². The molecule has 0 aliphatic carbocycles. The number of nitrogens with zero attached hydrogens (tertiary/aromatic N) is 1. The molecule has 0 saturated heterocycles. The number of rotatable bonds is 4. The van der Waals surface area contributed by atoms with Gasteiger partial charge >= 0.3 is 0 Å². The van der Waals surface area contributed by atoms with Crippen molar-refractivity contribution in [1.82, 2.24) is 4.98 Å². The van der Waals surface area contributed by atoms with Gasteiger partial charge in [0.15, 0.2) is 6.17 Å². The van der Waals surface area contributed by atoms with Gasteiger partial charge in [0.1, 0.15) is 5.01 Å². The van der Waals surface area contributed by atoms with Crippen LogP contribution in [0.1, 0.15) is 16.9 Å². The second-order valence-electron chi connectivity index (χ2n) is 2.30. The van der Waals surface area contributed by atoms with Gasteiger partial charge in [-0.3, -0.25) is 0 Å². The summed E-state index contributed by atoms with van der Waals surface area (Å²) < 4.78 is 17.7. The standard InChI is InChI=1S/C7H11FN2OS/c1-11-3-7-10-6(4-12-7)5(8)2-9/h4-5H,2-3,9H2,1H3. The quantitative estimate of drug-likeness (QED) is 0.777. The summed E-state index contributed by atoms with van der Waals surface area (Å²) in [5.41, 5.74) is 5.56. The van der Waals surface area contributed by atoms with Gasteiger partial charge in [0.2, 0.25) is 0 Å². The molecule has 3 nitrogen and oxygen atoms in total. The maximum atomic E-state index is 12.9. The van der Waals surface area contributed by atoms with Crippen molar-refractivity contribution in [3.63, 3.8) is 0 Å². The van der Waals surface area contributed by atoms with Crippen molar-refractivity contribution in [3.8, 4) is 0 Å². The fourth-order valence-corrected chi connectivity index (χ4v) is 1.58. The molecule has 1 atom stereocenters. The molecule has 0 bridgehead atoms. The molecule has 0 aromatic carbocycles. The normalized spacial score (nSPS) is 13.2. The SMILES string of the molecule is COCc1nc(C(F)CN)cs1. The number of methoxy groups -OCH3 is 1. The Hall–Kier alpha value is -0.520. The Morgan fingerprint density at radius 1 is 1.83 bits per heavy atom. The van der Waals surface area contributed by atoms with Crippen molar-refractivity contribution < 1.29 is 9.13 Å². The number of hydrogen-bond acceptors (Lipinski definition) is 4. The van der Waals surface area contributed by atoms with E-state index < -0.39 is 6.17 Å². The molecule has 1 unspecified atom stereocenters. The van der Waals surface area contributed by atoms with Gasteiger partial charge in [0.05, 0.1) is 12.3 Å². The predicted molar refractivity (Wildman–Crippen MR) is 45.7 cm³/mol. The van der Waals surface area contributed by atoms with Gasteiger partial charge in [-0.1, -0.05) is 0 Å². The molecule has 1 aromatic rings. The third-order valence-electron chi connectivity index (χ3n) is 1.37. The Labute approximate surface area is 74.4 Å². The minimum absolute atomic E-state index is 0.0177. The van der Waals surface area contributed by atoms with Crippen LogP contribution in [0.4, 0.5) is 4.39 Å². The molecular weight excluding hydrogens is 179 g/mol. The molecule has 0 spiro atoms. The molecule has 0 radical (unpaired) electrons. The van der Waals surface area contributed by atoms with E-state index in [1.807, 2.05) is 0 Å². The summed E-state index contributed by atoms with van der Waals surface area (Å²) in [5.74, 6) is 0. The van der Waals surface area contributed by atoms with E-state index in [1.54, 1.807) is 12.5 Å². The summed E-state index contributed by atoms with van der Waals surface area (Å²) in [4.78, 5) is 4.01. The zero-order chi connectivity index (χ0) is 8.97. The molecule has 0 fully saturated rings. The number of nitrogens with two attached hydrogens (primary N) is 1. The molecule has 5 heteroatoms. The zero-order valence-corrected chi connectivity index (χ0v) is 7.60. The molecule has 0 amide bonds. The van der Waals surface area contributed by atoms with Crippen LogP contribution in [0.25, 0.3) is 0 Å². The van der Waals surface area contributed by atoms with Gasteiger partial charge in [-0.2, -0.15) is 0 Å². The predicted octanol–water partition coefficient (Wildman–Crippen LogP) is 1.26. The van der Waals surface area contributed by atoms with Crippen molar-refractivity contribution >= 4 is 11.3 Å². The fourth-order valence-electron chi connectivity index (χ4n) is 0.779. The Morgan fingerprint density at radius 2 is 2.58 bits per heavy atom. The van der Waals surface area contributed by atoms with Crippen molar-refractivity contribution in [1.29, 1.82) is 0 Å². The number of thiazole rings is 1. The highest BCUT2D eigenvalue weighted by molar-refractivity contribution is 7.09. The zero-order valence-electron chi connectivity index (χ0n) is 6.79. The lowest BCUT2D eigenvalue weighted by molar-refractivity contribution is 0.184. The highest BCUT2D eigenvalue weighted by Gasteiger charge is 2.11. The smallest absolute Gasteiger partial charge is 0.155 e. The van der Waals surface area contributed by atoms with Crippen LogP contribution in [0.3, 0.4) is 0 Å². The van der Waals surface area contributed by atoms with Crippen LogP contribution in [0.2, 0.25) is 0 Å². The van der Waals surface area contributed by atoms with Crippen molar-refractivity contribution in [3.05, 3.63) is 16.1 Å². The van der Waals surface area contributed by atoms with Crippen LogP contribution in [0.15, 0.2) is 5.38 Å². The first-order chi connectivity index (χ1) is 5.77. The van der Waals surface area contributed by atoms with Crippen molar-refractivity contribution in [2.24, 2.45) is 5.73 Å². The Morgan fingerprint density at radius 3 is 3.17 bits per heavy atom. The molecule has 1 aromatic heterocycles. The number of ether oxygens (including phenoxy) is 1. The van der Waals surface area contributed by atoms with E-state index in [0.29, 0.717) is 12.3 Å². The average molecular weight is 190 g/mol. The first kappa shape index (κ1) is 9.57. The number of alkyl halides is 1. The number of halogens is 1. The van der Waals surface area contributed by atoms with E-state index in [1.165, 1.54) is 11.3 Å². The van der Waals surface area contributed by atoms with Crippen LogP contribution < -0.4 is 5.73 Å². The molecule has 0 aliphatic heterocycles. The lowest BCUT2D eigenvalue weighted by atomic mass is 10.3. The average Bonchev–Trinajstić information content (AvgIpc) is 2.52. The summed E-state index contributed by atoms with van der Waals surface area (Å²) in [6.07, 6.45) is -1.15. The molecule has 68 valence electrons. The van der Waals surface area contributed by atoms with E-state index in [2.05, 4.69) is 4.98 Å². The highest BCUT2D eigenvalue weighted by Crippen LogP contribution is 2.19. The topological polar surface area (TPSA) is 48.1 Å². The Balaban J connectivity index is 2.63. The van der Waals surface area contributed by atoms with Gasteiger partial charge in [0, 0.05) is 19.0 Å². The summed E-state index contributed by atoms with van der Waals surface area (Å²) in [6.45, 7) is 0.415. The maximum Gasteiger partial charge on any atom is 0.155 e. The molecule has 0 saturated carbocycles. The molecule has 1 rings (SSSR count). The number of aromatic nitrogens is 1. The van der Waals surface area contributed by atoms with E-state index >= 15 is 0 Å². The van der Waals surface area contributed by atoms with Gasteiger partial charge in [-0.05, 0) is 0 Å². The Bertz CT molecular complexity index is 241. The first-order valence-electron chi connectivity index (χ1n) is 3.55. The van der Waals surface area contributed by atoms with Crippen LogP contribution in [-0.4, -0.2) is 18.6 Å². The minimum Gasteiger partial charge on any atom is -0.378 e. The van der Waals surface area contributed by atoms with Crippen LogP contribution in [-0.2, 0) is 11.3 Å². The summed E-state index contributed by atoms with van der Waals surface area (Å²) in [5, 5.41) is 2.45. The fraction of sp³-hybridized carbons (Fsp3) is 0.571. The monoisotopic (exact) mass is 190 g/mol. The van der Waals surface area contributed by atoms with Crippen LogP contribution in [0, 0.1) is 0 Å². The minimum atomic E-state index is -1.15. The second kappa shape index (κ2) is 4.49. The molecule has 1 heterocycles. The van der Waals surface area contributed by atoms with Gasteiger partial charge < -0.3 is 10.5 Å². The molecular formula is C7H11FN2OS. The largest absolute Gasteiger partial charge is 0.378 e. The van der Waals surface area contributed by atoms with Crippen LogP contribution in [0.5, 0.6) is 0 Å². The van der Waals surface area contributed by atoms with Gasteiger partial charge in [-0.25, -0.2) is 9.37 Å². The van der Waals surface area contributed by atoms with E-state index in [0.717, 1.165) is 5.01 Å². The van der Waals surface area contributed by atoms with Gasteiger partial charge in [-0.15, -0.1) is 11.3 Å². The Kier molecular flexibility index (Phi) is 3.58. The third kappa shape index (κ3) is 2.23. The number of hydrogen-bond donors (Lipinski definition) is 1. The molecule has 2 N–H and O–H groups in total. The lowest BCUT2D eigenvalue weighted by Crippen LogP contribution is -2.07. The molecule has 12 heavy (non-hydrogen) atoms. The lowest BCUT2D eigenvalue weighted by Gasteiger charge is -1.98. The van der Waals surface area contributed by atoms with E-state index in [9.17, 15) is 4.39 Å². The van der Waals surface area contributed by atoms with Crippen molar-refractivity contribution in [2.45, 2.75) is 12.8 Å². The third-order valence-corrected chi connectivity index (χ3v) is 2.21. The summed E-state index contributed by atoms with van der Waals surface area (Å²) in [6, 6.07) is 0.